The molecule has 1 heterocycles. The summed E-state index contributed by atoms with van der Waals surface area (Å²) in [4.78, 5) is 4.18. The van der Waals surface area contributed by atoms with Crippen LogP contribution in [0, 0.1) is 11.7 Å². The summed E-state index contributed by atoms with van der Waals surface area (Å²) in [6.45, 7) is 4.24. The van der Waals surface area contributed by atoms with Gasteiger partial charge in [-0.25, -0.2) is 4.39 Å². The molecule has 1 N–H and O–H groups in total. The molecule has 1 aromatic carbocycles. The van der Waals surface area contributed by atoms with E-state index in [0.717, 1.165) is 18.9 Å². The van der Waals surface area contributed by atoms with E-state index in [0.29, 0.717) is 17.3 Å². The second-order valence-electron chi connectivity index (χ2n) is 4.61. The van der Waals surface area contributed by atoms with Gasteiger partial charge >= 0.3 is 0 Å². The number of aromatic nitrogens is 2. The van der Waals surface area contributed by atoms with Crippen molar-refractivity contribution in [1.29, 1.82) is 0 Å². The number of aromatic hydroxyl groups is 1. The van der Waals surface area contributed by atoms with E-state index in [4.69, 9.17) is 4.52 Å². The molecule has 18 heavy (non-hydrogen) atoms. The van der Waals surface area contributed by atoms with Crippen LogP contribution in [0.15, 0.2) is 22.7 Å². The first-order chi connectivity index (χ1) is 8.56. The lowest BCUT2D eigenvalue weighted by atomic mass is 10.1. The van der Waals surface area contributed by atoms with Gasteiger partial charge in [-0.15, -0.1) is 0 Å². The van der Waals surface area contributed by atoms with Crippen molar-refractivity contribution < 1.29 is 14.0 Å². The number of phenols is 1. The van der Waals surface area contributed by atoms with Gasteiger partial charge in [-0.05, 0) is 24.5 Å². The molecule has 5 heteroatoms. The minimum Gasteiger partial charge on any atom is -0.507 e. The first-order valence-corrected chi connectivity index (χ1v) is 5.87. The lowest BCUT2D eigenvalue weighted by Crippen LogP contribution is -1.93. The molecule has 2 aromatic rings. The van der Waals surface area contributed by atoms with Crippen LogP contribution in [0.25, 0.3) is 11.5 Å². The third-order valence-corrected chi connectivity index (χ3v) is 2.60. The van der Waals surface area contributed by atoms with Crippen molar-refractivity contribution in [2.24, 2.45) is 5.92 Å². The molecular formula is C13H15FN2O2. The predicted octanol–water partition coefficient (Wildman–Crippen LogP) is 3.17. The van der Waals surface area contributed by atoms with E-state index in [-0.39, 0.29) is 11.6 Å². The summed E-state index contributed by atoms with van der Waals surface area (Å²) >= 11 is 0. The zero-order valence-electron chi connectivity index (χ0n) is 10.4. The largest absolute Gasteiger partial charge is 0.507 e. The normalized spacial score (nSPS) is 11.1. The fourth-order valence-electron chi connectivity index (χ4n) is 1.57. The number of phenolic OH excluding ortho intramolecular Hbond substituents is 1. The lowest BCUT2D eigenvalue weighted by Gasteiger charge is -1.99. The van der Waals surface area contributed by atoms with Gasteiger partial charge in [0.15, 0.2) is 5.82 Å². The van der Waals surface area contributed by atoms with Crippen molar-refractivity contribution >= 4 is 0 Å². The molecule has 0 unspecified atom stereocenters. The van der Waals surface area contributed by atoms with E-state index in [1.807, 2.05) is 0 Å². The number of halogens is 1. The molecule has 0 saturated heterocycles. The van der Waals surface area contributed by atoms with Crippen molar-refractivity contribution in [1.82, 2.24) is 10.1 Å². The van der Waals surface area contributed by atoms with Crippen LogP contribution in [-0.2, 0) is 6.42 Å². The highest BCUT2D eigenvalue weighted by Gasteiger charge is 2.13. The fourth-order valence-corrected chi connectivity index (χ4v) is 1.57. The quantitative estimate of drug-likeness (QED) is 0.905. The molecule has 0 radical (unpaired) electrons. The maximum atomic E-state index is 12.9. The molecule has 0 amide bonds. The second-order valence-corrected chi connectivity index (χ2v) is 4.61. The highest BCUT2D eigenvalue weighted by atomic mass is 19.1. The van der Waals surface area contributed by atoms with E-state index in [2.05, 4.69) is 24.0 Å². The Kier molecular flexibility index (Phi) is 3.60. The molecule has 0 atom stereocenters. The van der Waals surface area contributed by atoms with Crippen LogP contribution in [0.3, 0.4) is 0 Å². The summed E-state index contributed by atoms with van der Waals surface area (Å²) < 4.78 is 17.9. The van der Waals surface area contributed by atoms with Crippen LogP contribution >= 0.6 is 0 Å². The first-order valence-electron chi connectivity index (χ1n) is 5.87. The van der Waals surface area contributed by atoms with Gasteiger partial charge in [-0.3, -0.25) is 0 Å². The Morgan fingerprint density at radius 1 is 1.39 bits per heavy atom. The Labute approximate surface area is 104 Å². The summed E-state index contributed by atoms with van der Waals surface area (Å²) in [7, 11) is 0. The van der Waals surface area contributed by atoms with Gasteiger partial charge in [0.05, 0.1) is 5.56 Å². The van der Waals surface area contributed by atoms with E-state index in [9.17, 15) is 9.50 Å². The fraction of sp³-hybridized carbons (Fsp3) is 0.385. The van der Waals surface area contributed by atoms with Gasteiger partial charge in [0.25, 0.3) is 5.89 Å². The number of hydrogen-bond donors (Lipinski definition) is 1. The van der Waals surface area contributed by atoms with Crippen LogP contribution in [0.5, 0.6) is 5.75 Å². The highest BCUT2D eigenvalue weighted by Crippen LogP contribution is 2.28. The molecule has 4 nitrogen and oxygen atoms in total. The Hall–Kier alpha value is -1.91. The van der Waals surface area contributed by atoms with Crippen molar-refractivity contribution in [3.8, 4) is 17.2 Å². The smallest absolute Gasteiger partial charge is 0.261 e. The molecule has 0 aliphatic carbocycles. The Morgan fingerprint density at radius 3 is 2.83 bits per heavy atom. The number of rotatable bonds is 4. The van der Waals surface area contributed by atoms with Crippen LogP contribution in [-0.4, -0.2) is 15.2 Å². The van der Waals surface area contributed by atoms with Crippen LogP contribution in [0.1, 0.15) is 26.1 Å². The molecule has 2 rings (SSSR count). The minimum atomic E-state index is -0.504. The second kappa shape index (κ2) is 5.16. The molecule has 1 aromatic heterocycles. The van der Waals surface area contributed by atoms with Gasteiger partial charge in [0, 0.05) is 12.5 Å². The summed E-state index contributed by atoms with van der Waals surface area (Å²) in [6, 6.07) is 3.69. The zero-order valence-corrected chi connectivity index (χ0v) is 10.4. The van der Waals surface area contributed by atoms with Crippen molar-refractivity contribution in [3.63, 3.8) is 0 Å². The maximum absolute atomic E-state index is 12.9. The van der Waals surface area contributed by atoms with Crippen LogP contribution < -0.4 is 0 Å². The summed E-state index contributed by atoms with van der Waals surface area (Å²) in [6.07, 6.45) is 1.69. The molecule has 0 fully saturated rings. The summed E-state index contributed by atoms with van der Waals surface area (Å²) in [5.41, 5.74) is 0.347. The van der Waals surface area contributed by atoms with Crippen LogP contribution in [0.4, 0.5) is 4.39 Å². The molecule has 0 aliphatic rings. The van der Waals surface area contributed by atoms with Crippen molar-refractivity contribution in [3.05, 3.63) is 29.8 Å². The third-order valence-electron chi connectivity index (χ3n) is 2.60. The van der Waals surface area contributed by atoms with Gasteiger partial charge < -0.3 is 9.63 Å². The molecule has 0 saturated carbocycles. The lowest BCUT2D eigenvalue weighted by molar-refractivity contribution is 0.414. The average molecular weight is 250 g/mol. The van der Waals surface area contributed by atoms with Crippen molar-refractivity contribution in [2.45, 2.75) is 26.7 Å². The van der Waals surface area contributed by atoms with E-state index in [1.54, 1.807) is 0 Å². The molecule has 96 valence electrons. The summed E-state index contributed by atoms with van der Waals surface area (Å²) in [5, 5.41) is 13.4. The predicted molar refractivity (Wildman–Crippen MR) is 64.5 cm³/mol. The topological polar surface area (TPSA) is 59.2 Å². The third kappa shape index (κ3) is 2.85. The van der Waals surface area contributed by atoms with E-state index < -0.39 is 5.82 Å². The maximum Gasteiger partial charge on any atom is 0.261 e. The first kappa shape index (κ1) is 12.5. The number of nitrogens with zero attached hydrogens (tertiary/aromatic N) is 2. The monoisotopic (exact) mass is 250 g/mol. The van der Waals surface area contributed by atoms with Gasteiger partial charge in [-0.2, -0.15) is 4.98 Å². The summed E-state index contributed by atoms with van der Waals surface area (Å²) in [5.74, 6) is 0.671. The van der Waals surface area contributed by atoms with E-state index >= 15 is 0 Å². The number of benzene rings is 1. The number of hydrogen-bond acceptors (Lipinski definition) is 4. The Morgan fingerprint density at radius 2 is 2.17 bits per heavy atom. The zero-order chi connectivity index (χ0) is 13.1. The van der Waals surface area contributed by atoms with E-state index in [1.165, 1.54) is 12.1 Å². The standard InChI is InChI=1S/C13H15FN2O2/c1-8(2)3-6-12-15-13(18-16-12)10-5-4-9(14)7-11(10)17/h4-5,7-8,17H,3,6H2,1-2H3. The van der Waals surface area contributed by atoms with Crippen LogP contribution in [0.2, 0.25) is 0 Å². The highest BCUT2D eigenvalue weighted by molar-refractivity contribution is 5.61. The molecule has 0 aliphatic heterocycles. The Balaban J connectivity index is 2.18. The average Bonchev–Trinajstić information content (AvgIpc) is 2.75. The van der Waals surface area contributed by atoms with Crippen molar-refractivity contribution in [2.75, 3.05) is 0 Å². The molecule has 0 spiro atoms. The number of aryl methyl sites for hydroxylation is 1. The van der Waals surface area contributed by atoms with Gasteiger partial charge in [0.1, 0.15) is 11.6 Å². The Bertz CT molecular complexity index is 538. The molecular weight excluding hydrogens is 235 g/mol. The van der Waals surface area contributed by atoms with Gasteiger partial charge in [0.2, 0.25) is 0 Å². The molecule has 0 bridgehead atoms. The van der Waals surface area contributed by atoms with Gasteiger partial charge in [-0.1, -0.05) is 19.0 Å². The SMILES string of the molecule is CC(C)CCc1noc(-c2ccc(F)cc2O)n1. The minimum absolute atomic E-state index is 0.200.